The second-order valence-electron chi connectivity index (χ2n) is 10.9. The molecule has 7 heteroatoms. The smallest absolute Gasteiger partial charge is 0.269 e. The van der Waals surface area contributed by atoms with E-state index >= 15 is 0 Å². The van der Waals surface area contributed by atoms with Gasteiger partial charge in [0.15, 0.2) is 0 Å². The lowest BCUT2D eigenvalue weighted by atomic mass is 9.99. The average Bonchev–Trinajstić information content (AvgIpc) is 3.89. The molecule has 0 saturated carbocycles. The molecule has 0 amide bonds. The van der Waals surface area contributed by atoms with Crippen LogP contribution in [-0.2, 0) is 0 Å². The maximum atomic E-state index is 11.4. The fourth-order valence-electron chi connectivity index (χ4n) is 5.97. The first kappa shape index (κ1) is 26.3. The van der Waals surface area contributed by atoms with Crippen molar-refractivity contribution in [3.63, 3.8) is 0 Å². The van der Waals surface area contributed by atoms with Crippen LogP contribution in [0.3, 0.4) is 0 Å². The number of benzene rings is 3. The SMILES string of the molecule is O=[N+]([O-])c1ccc(-c2cc3cc4nc(cc5ccc([nH]5)c(-c5ccccc5)c5nc(c(-c6ccccc6)c2[nH]3)C=C5)C=C4)cc1. The van der Waals surface area contributed by atoms with Gasteiger partial charge in [0.05, 0.1) is 33.2 Å². The van der Waals surface area contributed by atoms with E-state index in [0.717, 1.165) is 78.2 Å². The summed E-state index contributed by atoms with van der Waals surface area (Å²) in [4.78, 5) is 28.4. The number of nitrogens with one attached hydrogen (secondary N) is 2. The first-order valence-electron chi connectivity index (χ1n) is 14.6. The summed E-state index contributed by atoms with van der Waals surface area (Å²) in [5, 5.41) is 11.4. The van der Waals surface area contributed by atoms with Crippen LogP contribution < -0.4 is 0 Å². The number of H-pyrrole nitrogens is 2. The number of fused-ring (bicyclic) bond motifs is 8. The van der Waals surface area contributed by atoms with Crippen molar-refractivity contribution in [2.24, 2.45) is 0 Å². The molecule has 8 bridgehead atoms. The number of aromatic amines is 2. The second kappa shape index (κ2) is 10.7. The summed E-state index contributed by atoms with van der Waals surface area (Å²) in [7, 11) is 0. The van der Waals surface area contributed by atoms with Crippen LogP contribution in [0.4, 0.5) is 5.69 Å². The molecule has 3 aromatic carbocycles. The van der Waals surface area contributed by atoms with E-state index in [9.17, 15) is 10.1 Å². The molecule has 0 atom stereocenters. The number of hydrogen-bond donors (Lipinski definition) is 2. The lowest BCUT2D eigenvalue weighted by Gasteiger charge is -2.07. The van der Waals surface area contributed by atoms with E-state index in [2.05, 4.69) is 64.6 Å². The van der Waals surface area contributed by atoms with Gasteiger partial charge in [-0.05, 0) is 83.5 Å². The molecule has 45 heavy (non-hydrogen) atoms. The Labute approximate surface area is 258 Å². The number of nitro groups is 1. The van der Waals surface area contributed by atoms with Crippen LogP contribution in [0.15, 0.2) is 115 Å². The van der Waals surface area contributed by atoms with Gasteiger partial charge in [0.25, 0.3) is 5.69 Å². The summed E-state index contributed by atoms with van der Waals surface area (Å²) in [6.45, 7) is 0. The lowest BCUT2D eigenvalue weighted by Crippen LogP contribution is -1.89. The Bertz CT molecular complexity index is 2330. The standard InChI is InChI=1S/C38H25N5O2/c44-43(45)31-16-11-24(12-17-31)32-23-30-22-28-14-13-27(39-28)21-29-15-18-33(40-29)36(25-7-3-1-4-8-25)34-19-20-35(42-34)37(38(32)41-30)26-9-5-2-6-10-26/h1-23,40-41H. The Balaban J connectivity index is 1.53. The van der Waals surface area contributed by atoms with E-state index in [1.807, 2.05) is 60.7 Å². The van der Waals surface area contributed by atoms with E-state index in [1.54, 1.807) is 24.3 Å². The van der Waals surface area contributed by atoms with E-state index < -0.39 is 0 Å². The number of hydrogen-bond acceptors (Lipinski definition) is 4. The Kier molecular flexibility index (Phi) is 6.27. The third kappa shape index (κ3) is 4.92. The van der Waals surface area contributed by atoms with Gasteiger partial charge in [-0.15, -0.1) is 0 Å². The van der Waals surface area contributed by atoms with Crippen LogP contribution >= 0.6 is 0 Å². The summed E-state index contributed by atoms with van der Waals surface area (Å²) in [6.07, 6.45) is 8.12. The molecule has 0 spiro atoms. The van der Waals surface area contributed by atoms with Crippen molar-refractivity contribution in [1.82, 2.24) is 19.9 Å². The summed E-state index contributed by atoms with van der Waals surface area (Å²) >= 11 is 0. The highest BCUT2D eigenvalue weighted by Crippen LogP contribution is 2.38. The predicted octanol–water partition coefficient (Wildman–Crippen LogP) is 9.56. The molecule has 0 radical (unpaired) electrons. The fourth-order valence-corrected chi connectivity index (χ4v) is 5.97. The third-order valence-electron chi connectivity index (χ3n) is 8.02. The van der Waals surface area contributed by atoms with Gasteiger partial charge in [-0.2, -0.15) is 0 Å². The molecule has 2 aliphatic rings. The highest BCUT2D eigenvalue weighted by Gasteiger charge is 2.18. The maximum Gasteiger partial charge on any atom is 0.269 e. The van der Waals surface area contributed by atoms with E-state index in [4.69, 9.17) is 9.97 Å². The minimum absolute atomic E-state index is 0.0452. The molecule has 2 N–H and O–H groups in total. The van der Waals surface area contributed by atoms with Gasteiger partial charge in [-0.25, -0.2) is 9.97 Å². The summed E-state index contributed by atoms with van der Waals surface area (Å²) in [5.74, 6) is 0. The van der Waals surface area contributed by atoms with E-state index in [0.29, 0.717) is 0 Å². The molecule has 8 rings (SSSR count). The van der Waals surface area contributed by atoms with Crippen molar-refractivity contribution in [3.8, 4) is 33.4 Å². The van der Waals surface area contributed by atoms with Crippen LogP contribution in [0.2, 0.25) is 0 Å². The molecular weight excluding hydrogens is 558 g/mol. The largest absolute Gasteiger partial charge is 0.355 e. The predicted molar refractivity (Wildman–Crippen MR) is 182 cm³/mol. The molecular formula is C38H25N5O2. The molecule has 3 aromatic heterocycles. The first-order valence-corrected chi connectivity index (χ1v) is 14.6. The molecule has 2 aliphatic heterocycles. The Morgan fingerprint density at radius 3 is 1.84 bits per heavy atom. The van der Waals surface area contributed by atoms with Crippen molar-refractivity contribution in [2.45, 2.75) is 0 Å². The van der Waals surface area contributed by atoms with Crippen LogP contribution in [0.25, 0.3) is 79.8 Å². The van der Waals surface area contributed by atoms with Gasteiger partial charge in [-0.3, -0.25) is 10.1 Å². The molecule has 0 saturated heterocycles. The van der Waals surface area contributed by atoms with Gasteiger partial charge in [0.1, 0.15) is 0 Å². The maximum absolute atomic E-state index is 11.4. The van der Waals surface area contributed by atoms with Crippen molar-refractivity contribution in [3.05, 3.63) is 148 Å². The van der Waals surface area contributed by atoms with Gasteiger partial charge in [0.2, 0.25) is 0 Å². The van der Waals surface area contributed by atoms with Crippen LogP contribution in [0.5, 0.6) is 0 Å². The zero-order valence-corrected chi connectivity index (χ0v) is 23.9. The zero-order valence-electron chi connectivity index (χ0n) is 23.9. The molecule has 0 fully saturated rings. The van der Waals surface area contributed by atoms with E-state index in [1.165, 1.54) is 0 Å². The Morgan fingerprint density at radius 1 is 0.556 bits per heavy atom. The summed E-state index contributed by atoms with van der Waals surface area (Å²) in [6, 6.07) is 37.4. The van der Waals surface area contributed by atoms with Gasteiger partial charge in [0, 0.05) is 45.4 Å². The molecule has 0 aliphatic carbocycles. The van der Waals surface area contributed by atoms with E-state index in [-0.39, 0.29) is 10.6 Å². The number of rotatable bonds is 4. The van der Waals surface area contributed by atoms with Crippen LogP contribution in [0, 0.1) is 10.1 Å². The van der Waals surface area contributed by atoms with Crippen LogP contribution in [0.1, 0.15) is 22.8 Å². The zero-order chi connectivity index (χ0) is 30.3. The molecule has 214 valence electrons. The number of non-ortho nitro benzene ring substituents is 1. The second-order valence-corrected chi connectivity index (χ2v) is 10.9. The third-order valence-corrected chi connectivity index (χ3v) is 8.02. The summed E-state index contributed by atoms with van der Waals surface area (Å²) in [5.41, 5.74) is 12.7. The molecule has 6 aromatic rings. The first-order chi connectivity index (χ1) is 22.1. The fraction of sp³-hybridized carbons (Fsp3) is 0. The van der Waals surface area contributed by atoms with Crippen molar-refractivity contribution < 1.29 is 4.92 Å². The van der Waals surface area contributed by atoms with Gasteiger partial charge < -0.3 is 9.97 Å². The van der Waals surface area contributed by atoms with Gasteiger partial charge in [-0.1, -0.05) is 60.7 Å². The Morgan fingerprint density at radius 2 is 1.18 bits per heavy atom. The van der Waals surface area contributed by atoms with Gasteiger partial charge >= 0.3 is 0 Å². The highest BCUT2D eigenvalue weighted by atomic mass is 16.6. The minimum Gasteiger partial charge on any atom is -0.355 e. The lowest BCUT2D eigenvalue weighted by molar-refractivity contribution is -0.384. The highest BCUT2D eigenvalue weighted by molar-refractivity contribution is 6.01. The average molecular weight is 584 g/mol. The van der Waals surface area contributed by atoms with Crippen LogP contribution in [-0.4, -0.2) is 24.9 Å². The summed E-state index contributed by atoms with van der Waals surface area (Å²) < 4.78 is 0. The number of aromatic nitrogens is 4. The Hall–Kier alpha value is -6.34. The van der Waals surface area contributed by atoms with Crippen molar-refractivity contribution in [2.75, 3.05) is 0 Å². The molecule has 5 heterocycles. The number of nitro benzene ring substituents is 1. The molecule has 0 unspecified atom stereocenters. The quantitative estimate of drug-likeness (QED) is 0.159. The normalized spacial score (nSPS) is 12.0. The number of nitrogens with zero attached hydrogens (tertiary/aromatic N) is 3. The molecule has 7 nitrogen and oxygen atoms in total. The minimum atomic E-state index is -0.381. The topological polar surface area (TPSA) is 100 Å². The van der Waals surface area contributed by atoms with Crippen molar-refractivity contribution in [1.29, 1.82) is 0 Å². The van der Waals surface area contributed by atoms with Crippen molar-refractivity contribution >= 4 is 52.1 Å². The monoisotopic (exact) mass is 583 g/mol.